The molecule has 0 aromatic heterocycles. The average Bonchev–Trinajstić information content (AvgIpc) is 2.46. The average molecular weight is 278 g/mol. The first-order valence-corrected chi connectivity index (χ1v) is 6.73. The molecule has 0 radical (unpaired) electrons. The van der Waals surface area contributed by atoms with Gasteiger partial charge in [0, 0.05) is 31.8 Å². The van der Waals surface area contributed by atoms with E-state index in [0.29, 0.717) is 30.5 Å². The third-order valence-electron chi connectivity index (χ3n) is 3.01. The molecule has 20 heavy (non-hydrogen) atoms. The fraction of sp³-hybridized carbons (Fsp3) is 0.467. The lowest BCUT2D eigenvalue weighted by molar-refractivity contribution is 0.0827. The van der Waals surface area contributed by atoms with Crippen LogP contribution in [-0.4, -0.2) is 48.6 Å². The van der Waals surface area contributed by atoms with Crippen LogP contribution in [0.5, 0.6) is 0 Å². The van der Waals surface area contributed by atoms with Gasteiger partial charge in [-0.3, -0.25) is 9.59 Å². The standard InChI is InChI=1S/C15H22N2O3/c1-4-13(18)8-9-16-14(19)11-6-5-7-12(10-11)15(20)17(2)3/h5-7,10,13,18H,4,8-9H2,1-3H3,(H,16,19). The number of rotatable bonds is 6. The highest BCUT2D eigenvalue weighted by atomic mass is 16.3. The second-order valence-electron chi connectivity index (χ2n) is 4.89. The SMILES string of the molecule is CCC(O)CCNC(=O)c1cccc(C(=O)N(C)C)c1. The van der Waals surface area contributed by atoms with Gasteiger partial charge in [0.2, 0.25) is 0 Å². The zero-order valence-electron chi connectivity index (χ0n) is 12.2. The summed E-state index contributed by atoms with van der Waals surface area (Å²) in [6, 6.07) is 6.61. The van der Waals surface area contributed by atoms with E-state index in [1.165, 1.54) is 4.90 Å². The lowest BCUT2D eigenvalue weighted by atomic mass is 10.1. The number of aliphatic hydroxyl groups excluding tert-OH is 1. The highest BCUT2D eigenvalue weighted by Gasteiger charge is 2.11. The zero-order chi connectivity index (χ0) is 15.1. The molecule has 0 heterocycles. The molecule has 1 aromatic rings. The maximum Gasteiger partial charge on any atom is 0.253 e. The molecule has 0 aliphatic rings. The third-order valence-corrected chi connectivity index (χ3v) is 3.01. The van der Waals surface area contributed by atoms with Crippen LogP contribution >= 0.6 is 0 Å². The normalized spacial score (nSPS) is 11.8. The fourth-order valence-electron chi connectivity index (χ4n) is 1.71. The van der Waals surface area contributed by atoms with Crippen molar-refractivity contribution < 1.29 is 14.7 Å². The number of carbonyl (C=O) groups excluding carboxylic acids is 2. The Morgan fingerprint density at radius 2 is 1.95 bits per heavy atom. The van der Waals surface area contributed by atoms with E-state index < -0.39 is 6.10 Å². The van der Waals surface area contributed by atoms with E-state index in [-0.39, 0.29) is 11.8 Å². The Morgan fingerprint density at radius 3 is 2.55 bits per heavy atom. The van der Waals surface area contributed by atoms with Crippen LogP contribution < -0.4 is 5.32 Å². The minimum atomic E-state index is -0.392. The van der Waals surface area contributed by atoms with E-state index in [9.17, 15) is 14.7 Å². The Bertz CT molecular complexity index is 472. The van der Waals surface area contributed by atoms with E-state index in [1.807, 2.05) is 6.92 Å². The van der Waals surface area contributed by atoms with Crippen LogP contribution in [0.2, 0.25) is 0 Å². The fourth-order valence-corrected chi connectivity index (χ4v) is 1.71. The van der Waals surface area contributed by atoms with Crippen molar-refractivity contribution in [3.05, 3.63) is 35.4 Å². The summed E-state index contributed by atoms with van der Waals surface area (Å²) in [7, 11) is 3.34. The smallest absolute Gasteiger partial charge is 0.253 e. The topological polar surface area (TPSA) is 69.6 Å². The summed E-state index contributed by atoms with van der Waals surface area (Å²) in [4.78, 5) is 25.2. The summed E-state index contributed by atoms with van der Waals surface area (Å²) in [5.41, 5.74) is 0.930. The van der Waals surface area contributed by atoms with Gasteiger partial charge in [-0.25, -0.2) is 0 Å². The number of carbonyl (C=O) groups is 2. The van der Waals surface area contributed by atoms with Gasteiger partial charge >= 0.3 is 0 Å². The van der Waals surface area contributed by atoms with Crippen LogP contribution in [0.25, 0.3) is 0 Å². The predicted molar refractivity (Wildman–Crippen MR) is 77.7 cm³/mol. The van der Waals surface area contributed by atoms with Crippen LogP contribution in [0, 0.1) is 0 Å². The molecule has 0 saturated carbocycles. The number of nitrogens with zero attached hydrogens (tertiary/aromatic N) is 1. The lowest BCUT2D eigenvalue weighted by Crippen LogP contribution is -2.27. The van der Waals surface area contributed by atoms with E-state index in [1.54, 1.807) is 38.4 Å². The summed E-state index contributed by atoms with van der Waals surface area (Å²) in [6.07, 6.45) is 0.804. The summed E-state index contributed by atoms with van der Waals surface area (Å²) < 4.78 is 0. The lowest BCUT2D eigenvalue weighted by Gasteiger charge is -2.12. The maximum absolute atomic E-state index is 11.9. The van der Waals surface area contributed by atoms with Crippen molar-refractivity contribution >= 4 is 11.8 Å². The summed E-state index contributed by atoms with van der Waals surface area (Å²) in [5.74, 6) is -0.372. The number of benzene rings is 1. The first-order chi connectivity index (χ1) is 9.45. The van der Waals surface area contributed by atoms with Crippen molar-refractivity contribution in [2.24, 2.45) is 0 Å². The quantitative estimate of drug-likeness (QED) is 0.823. The van der Waals surface area contributed by atoms with Gasteiger partial charge in [0.25, 0.3) is 11.8 Å². The Morgan fingerprint density at radius 1 is 1.30 bits per heavy atom. The minimum absolute atomic E-state index is 0.138. The molecular formula is C15H22N2O3. The van der Waals surface area contributed by atoms with Gasteiger partial charge in [0.15, 0.2) is 0 Å². The molecule has 0 saturated heterocycles. The molecule has 0 aliphatic heterocycles. The van der Waals surface area contributed by atoms with Crippen molar-refractivity contribution in [2.75, 3.05) is 20.6 Å². The largest absolute Gasteiger partial charge is 0.393 e. The van der Waals surface area contributed by atoms with E-state index in [2.05, 4.69) is 5.32 Å². The van der Waals surface area contributed by atoms with E-state index in [4.69, 9.17) is 0 Å². The van der Waals surface area contributed by atoms with Gasteiger partial charge in [-0.1, -0.05) is 13.0 Å². The molecule has 2 amide bonds. The van der Waals surface area contributed by atoms with E-state index >= 15 is 0 Å². The second-order valence-corrected chi connectivity index (χ2v) is 4.89. The molecule has 0 aliphatic carbocycles. The molecule has 5 heteroatoms. The molecule has 0 spiro atoms. The Hall–Kier alpha value is -1.88. The van der Waals surface area contributed by atoms with Gasteiger partial charge in [-0.2, -0.15) is 0 Å². The Kier molecular flexibility index (Phi) is 6.18. The van der Waals surface area contributed by atoms with E-state index in [0.717, 1.165) is 0 Å². The molecular weight excluding hydrogens is 256 g/mol. The minimum Gasteiger partial charge on any atom is -0.393 e. The monoisotopic (exact) mass is 278 g/mol. The zero-order valence-corrected chi connectivity index (χ0v) is 12.2. The Balaban J connectivity index is 2.65. The molecule has 1 aromatic carbocycles. The van der Waals surface area contributed by atoms with Gasteiger partial charge in [-0.15, -0.1) is 0 Å². The number of nitrogens with one attached hydrogen (secondary N) is 1. The van der Waals surface area contributed by atoms with Crippen LogP contribution in [0.3, 0.4) is 0 Å². The number of hydrogen-bond acceptors (Lipinski definition) is 3. The predicted octanol–water partition coefficient (Wildman–Crippen LogP) is 1.28. The molecule has 1 rings (SSSR count). The number of aliphatic hydroxyl groups is 1. The summed E-state index contributed by atoms with van der Waals surface area (Å²) in [6.45, 7) is 2.31. The van der Waals surface area contributed by atoms with Crippen LogP contribution in [0.4, 0.5) is 0 Å². The Labute approximate surface area is 119 Å². The van der Waals surface area contributed by atoms with Crippen LogP contribution in [0.15, 0.2) is 24.3 Å². The highest BCUT2D eigenvalue weighted by molar-refractivity contribution is 5.99. The molecule has 0 fully saturated rings. The van der Waals surface area contributed by atoms with Crippen molar-refractivity contribution in [1.82, 2.24) is 10.2 Å². The first-order valence-electron chi connectivity index (χ1n) is 6.73. The van der Waals surface area contributed by atoms with Gasteiger partial charge in [-0.05, 0) is 31.0 Å². The van der Waals surface area contributed by atoms with Gasteiger partial charge in [0.1, 0.15) is 0 Å². The third kappa shape index (κ3) is 4.66. The first kappa shape index (κ1) is 16.2. The molecule has 0 bridgehead atoms. The highest BCUT2D eigenvalue weighted by Crippen LogP contribution is 2.07. The van der Waals surface area contributed by atoms with Crippen molar-refractivity contribution in [2.45, 2.75) is 25.9 Å². The maximum atomic E-state index is 11.9. The summed E-state index contributed by atoms with van der Waals surface area (Å²) in [5, 5.41) is 12.2. The molecule has 110 valence electrons. The second kappa shape index (κ2) is 7.65. The van der Waals surface area contributed by atoms with Gasteiger partial charge < -0.3 is 15.3 Å². The van der Waals surface area contributed by atoms with Crippen molar-refractivity contribution in [1.29, 1.82) is 0 Å². The molecule has 1 atom stereocenters. The van der Waals surface area contributed by atoms with Gasteiger partial charge in [0.05, 0.1) is 6.10 Å². The number of hydrogen-bond donors (Lipinski definition) is 2. The van der Waals surface area contributed by atoms with Crippen molar-refractivity contribution in [3.63, 3.8) is 0 Å². The molecule has 2 N–H and O–H groups in total. The summed E-state index contributed by atoms with van der Waals surface area (Å²) >= 11 is 0. The molecule has 1 unspecified atom stereocenters. The number of amides is 2. The van der Waals surface area contributed by atoms with Crippen LogP contribution in [-0.2, 0) is 0 Å². The molecule has 5 nitrogen and oxygen atoms in total. The van der Waals surface area contributed by atoms with Crippen LogP contribution in [0.1, 0.15) is 40.5 Å². The van der Waals surface area contributed by atoms with Crippen molar-refractivity contribution in [3.8, 4) is 0 Å².